The number of hydrogen-bond acceptors (Lipinski definition) is 6. The van der Waals surface area contributed by atoms with Crippen LogP contribution in [0.4, 0.5) is 5.13 Å². The molecule has 2 aromatic heterocycles. The van der Waals surface area contributed by atoms with Crippen molar-refractivity contribution in [2.24, 2.45) is 0 Å². The lowest BCUT2D eigenvalue weighted by Crippen LogP contribution is -2.26. The number of nitrogens with zero attached hydrogens (tertiary/aromatic N) is 3. The summed E-state index contributed by atoms with van der Waals surface area (Å²) in [5, 5.41) is 7.48. The van der Waals surface area contributed by atoms with Crippen molar-refractivity contribution < 1.29 is 4.79 Å². The van der Waals surface area contributed by atoms with Crippen molar-refractivity contribution in [1.29, 1.82) is 0 Å². The van der Waals surface area contributed by atoms with Crippen LogP contribution in [0.25, 0.3) is 22.0 Å². The molecule has 0 bridgehead atoms. The Balaban J connectivity index is 1.54. The Morgan fingerprint density at radius 1 is 1.23 bits per heavy atom. The Kier molecular flexibility index (Phi) is 5.26. The van der Waals surface area contributed by atoms with E-state index in [0.717, 1.165) is 66.2 Å². The van der Waals surface area contributed by atoms with Gasteiger partial charge < -0.3 is 10.6 Å². The molecule has 1 saturated heterocycles. The number of benzene rings is 1. The van der Waals surface area contributed by atoms with Crippen LogP contribution in [0, 0.1) is 0 Å². The minimum Gasteiger partial charge on any atom is -0.317 e. The topological polar surface area (TPSA) is 79.8 Å². The van der Waals surface area contributed by atoms with Crippen molar-refractivity contribution in [2.75, 3.05) is 18.4 Å². The standard InChI is InChI=1S/C22H22ClN5OS/c1-12(29)26-22-27-18-5-3-15-11-25-21(28-19(15)20(18)30-22)16-10-14(2-4-17(16)23)13-6-8-24-9-7-13/h2,4,10-11,13,24H,3,5-9H2,1H3,(H,26,27,29). The summed E-state index contributed by atoms with van der Waals surface area (Å²) in [5.41, 5.74) is 5.15. The van der Waals surface area contributed by atoms with Crippen LogP contribution in [0.3, 0.4) is 0 Å². The lowest BCUT2D eigenvalue weighted by atomic mass is 9.89. The van der Waals surface area contributed by atoms with Crippen molar-refractivity contribution in [1.82, 2.24) is 20.3 Å². The van der Waals surface area contributed by atoms with Gasteiger partial charge >= 0.3 is 0 Å². The first-order chi connectivity index (χ1) is 14.6. The molecule has 0 unspecified atom stereocenters. The van der Waals surface area contributed by atoms with Crippen molar-refractivity contribution in [2.45, 2.75) is 38.5 Å². The van der Waals surface area contributed by atoms with Gasteiger partial charge in [0.05, 0.1) is 21.3 Å². The minimum absolute atomic E-state index is 0.119. The molecule has 0 radical (unpaired) electrons. The highest BCUT2D eigenvalue weighted by atomic mass is 35.5. The molecule has 1 aliphatic carbocycles. The highest BCUT2D eigenvalue weighted by molar-refractivity contribution is 7.19. The van der Waals surface area contributed by atoms with E-state index in [9.17, 15) is 4.79 Å². The minimum atomic E-state index is -0.119. The molecule has 5 rings (SSSR count). The summed E-state index contributed by atoms with van der Waals surface area (Å²) in [5.74, 6) is 1.05. The second-order valence-corrected chi connectivity index (χ2v) is 9.21. The number of aryl methyl sites for hydroxylation is 2. The van der Waals surface area contributed by atoms with Crippen molar-refractivity contribution in [3.63, 3.8) is 0 Å². The number of nitrogens with one attached hydrogen (secondary N) is 2. The summed E-state index contributed by atoms with van der Waals surface area (Å²) in [4.78, 5) is 26.6. The van der Waals surface area contributed by atoms with Gasteiger partial charge in [-0.1, -0.05) is 29.0 Å². The second-order valence-electron chi connectivity index (χ2n) is 7.81. The number of piperidine rings is 1. The van der Waals surface area contributed by atoms with E-state index < -0.39 is 0 Å². The lowest BCUT2D eigenvalue weighted by molar-refractivity contribution is -0.114. The number of rotatable bonds is 3. The Morgan fingerprint density at radius 3 is 2.87 bits per heavy atom. The Hall–Kier alpha value is -2.35. The predicted molar refractivity (Wildman–Crippen MR) is 120 cm³/mol. The molecule has 0 spiro atoms. The van der Waals surface area contributed by atoms with Crippen LogP contribution in [-0.4, -0.2) is 33.9 Å². The fourth-order valence-electron chi connectivity index (χ4n) is 4.20. The SMILES string of the molecule is CC(=O)Nc1nc2c(s1)-c1nc(-c3cc(C4CCNCC4)ccc3Cl)ncc1CC2. The molecule has 0 atom stereocenters. The van der Waals surface area contributed by atoms with E-state index in [-0.39, 0.29) is 5.91 Å². The van der Waals surface area contributed by atoms with Crippen LogP contribution < -0.4 is 10.6 Å². The molecule has 2 aliphatic rings. The molecule has 3 heterocycles. The monoisotopic (exact) mass is 439 g/mol. The summed E-state index contributed by atoms with van der Waals surface area (Å²) in [7, 11) is 0. The van der Waals surface area contributed by atoms with Gasteiger partial charge in [0.25, 0.3) is 0 Å². The number of carbonyl (C=O) groups excluding carboxylic acids is 1. The van der Waals surface area contributed by atoms with E-state index >= 15 is 0 Å². The molecule has 3 aromatic rings. The zero-order valence-corrected chi connectivity index (χ0v) is 18.2. The molecule has 8 heteroatoms. The zero-order valence-electron chi connectivity index (χ0n) is 16.7. The number of amides is 1. The third-order valence-corrected chi connectivity index (χ3v) is 7.08. The summed E-state index contributed by atoms with van der Waals surface area (Å²) in [6.07, 6.45) is 5.83. The van der Waals surface area contributed by atoms with Gasteiger partial charge in [0, 0.05) is 18.7 Å². The molecule has 1 fully saturated rings. The zero-order chi connectivity index (χ0) is 20.7. The van der Waals surface area contributed by atoms with E-state index in [2.05, 4.69) is 32.7 Å². The van der Waals surface area contributed by atoms with E-state index in [0.29, 0.717) is 21.9 Å². The maximum Gasteiger partial charge on any atom is 0.223 e. The van der Waals surface area contributed by atoms with Gasteiger partial charge in [-0.2, -0.15) is 0 Å². The number of fused-ring (bicyclic) bond motifs is 3. The number of aromatic nitrogens is 3. The maximum atomic E-state index is 11.4. The number of thiazole rings is 1. The number of carbonyl (C=O) groups is 1. The Labute approximate surface area is 184 Å². The van der Waals surface area contributed by atoms with Gasteiger partial charge in [-0.3, -0.25) is 4.79 Å². The van der Waals surface area contributed by atoms with Gasteiger partial charge in [-0.15, -0.1) is 0 Å². The number of anilines is 1. The van der Waals surface area contributed by atoms with Crippen LogP contribution >= 0.6 is 22.9 Å². The first-order valence-corrected chi connectivity index (χ1v) is 11.4. The highest BCUT2D eigenvalue weighted by Crippen LogP contribution is 2.40. The molecule has 1 aromatic carbocycles. The number of halogens is 1. The molecule has 0 saturated carbocycles. The molecule has 2 N–H and O–H groups in total. The van der Waals surface area contributed by atoms with Gasteiger partial charge in [-0.05, 0) is 68.0 Å². The summed E-state index contributed by atoms with van der Waals surface area (Å²) in [6.45, 7) is 3.58. The fourth-order valence-corrected chi connectivity index (χ4v) is 5.49. The Bertz CT molecular complexity index is 1120. The van der Waals surface area contributed by atoms with Gasteiger partial charge in [0.15, 0.2) is 11.0 Å². The first-order valence-electron chi connectivity index (χ1n) is 10.2. The lowest BCUT2D eigenvalue weighted by Gasteiger charge is -2.23. The predicted octanol–water partition coefficient (Wildman–Crippen LogP) is 4.44. The van der Waals surface area contributed by atoms with Gasteiger partial charge in [0.1, 0.15) is 0 Å². The molecular formula is C22H22ClN5OS. The van der Waals surface area contributed by atoms with Crippen LogP contribution in [-0.2, 0) is 17.6 Å². The van der Waals surface area contributed by atoms with Crippen LogP contribution in [0.5, 0.6) is 0 Å². The average molecular weight is 440 g/mol. The van der Waals surface area contributed by atoms with E-state index in [1.165, 1.54) is 23.8 Å². The highest BCUT2D eigenvalue weighted by Gasteiger charge is 2.24. The summed E-state index contributed by atoms with van der Waals surface area (Å²) in [6, 6.07) is 6.24. The second kappa shape index (κ2) is 8.06. The summed E-state index contributed by atoms with van der Waals surface area (Å²) >= 11 is 8.03. The molecule has 6 nitrogen and oxygen atoms in total. The van der Waals surface area contributed by atoms with Crippen LogP contribution in [0.1, 0.15) is 42.5 Å². The largest absolute Gasteiger partial charge is 0.317 e. The third-order valence-electron chi connectivity index (χ3n) is 5.73. The van der Waals surface area contributed by atoms with Crippen LogP contribution in [0.15, 0.2) is 24.4 Å². The molecule has 30 heavy (non-hydrogen) atoms. The maximum absolute atomic E-state index is 11.4. The first kappa shape index (κ1) is 19.6. The smallest absolute Gasteiger partial charge is 0.223 e. The van der Waals surface area contributed by atoms with E-state index in [1.807, 2.05) is 12.3 Å². The van der Waals surface area contributed by atoms with Gasteiger partial charge in [-0.25, -0.2) is 15.0 Å². The van der Waals surface area contributed by atoms with Crippen molar-refractivity contribution >= 4 is 34.0 Å². The average Bonchev–Trinajstić information content (AvgIpc) is 3.16. The van der Waals surface area contributed by atoms with Crippen molar-refractivity contribution in [3.8, 4) is 22.0 Å². The summed E-state index contributed by atoms with van der Waals surface area (Å²) < 4.78 is 0. The molecule has 1 amide bonds. The van der Waals surface area contributed by atoms with Gasteiger partial charge in [0.2, 0.25) is 5.91 Å². The quantitative estimate of drug-likeness (QED) is 0.630. The molecular weight excluding hydrogens is 418 g/mol. The van der Waals surface area contributed by atoms with E-state index in [4.69, 9.17) is 16.6 Å². The number of hydrogen-bond donors (Lipinski definition) is 2. The normalized spacial score (nSPS) is 16.1. The Morgan fingerprint density at radius 2 is 2.07 bits per heavy atom. The van der Waals surface area contributed by atoms with Crippen molar-refractivity contribution in [3.05, 3.63) is 46.2 Å². The third kappa shape index (κ3) is 3.73. The molecule has 154 valence electrons. The molecule has 1 aliphatic heterocycles. The van der Waals surface area contributed by atoms with Crippen LogP contribution in [0.2, 0.25) is 5.02 Å². The fraction of sp³-hybridized carbons (Fsp3) is 0.364. The van der Waals surface area contributed by atoms with E-state index in [1.54, 1.807) is 0 Å².